The summed E-state index contributed by atoms with van der Waals surface area (Å²) in [6.07, 6.45) is 0. The van der Waals surface area contributed by atoms with Crippen LogP contribution < -0.4 is 14.8 Å². The van der Waals surface area contributed by atoms with Gasteiger partial charge < -0.3 is 14.8 Å². The van der Waals surface area contributed by atoms with Crippen molar-refractivity contribution in [1.82, 2.24) is 5.32 Å². The summed E-state index contributed by atoms with van der Waals surface area (Å²) < 4.78 is 10.9. The molecule has 0 aliphatic heterocycles. The van der Waals surface area contributed by atoms with Gasteiger partial charge >= 0.3 is 0 Å². The van der Waals surface area contributed by atoms with Crippen molar-refractivity contribution in [3.63, 3.8) is 0 Å². The van der Waals surface area contributed by atoms with Crippen molar-refractivity contribution in [3.05, 3.63) is 24.3 Å². The lowest BCUT2D eigenvalue weighted by Crippen LogP contribution is -2.32. The van der Waals surface area contributed by atoms with Gasteiger partial charge in [-0.2, -0.15) is 11.8 Å². The quantitative estimate of drug-likeness (QED) is 0.698. The largest absolute Gasteiger partial charge is 0.493 e. The number of hydrogen-bond donors (Lipinski definition) is 1. The van der Waals surface area contributed by atoms with E-state index in [0.29, 0.717) is 12.6 Å². The van der Waals surface area contributed by atoms with Crippen molar-refractivity contribution in [2.45, 2.75) is 19.9 Å². The van der Waals surface area contributed by atoms with Crippen LogP contribution in [-0.2, 0) is 0 Å². The maximum absolute atomic E-state index is 5.69. The van der Waals surface area contributed by atoms with Gasteiger partial charge in [0.1, 0.15) is 6.61 Å². The molecule has 1 unspecified atom stereocenters. The summed E-state index contributed by atoms with van der Waals surface area (Å²) in [6.45, 7) is 5.89. The Bertz CT molecular complexity index is 333. The molecular weight excluding hydrogens is 246 g/mol. The minimum Gasteiger partial charge on any atom is -0.493 e. The standard InChI is InChI=1S/C14H23NO2S/c1-4-18-11-12(2)15-9-10-17-14-8-6-5-7-13(14)16-3/h5-8,12,15H,4,9-11H2,1-3H3. The lowest BCUT2D eigenvalue weighted by molar-refractivity contribution is 0.289. The third-order valence-corrected chi connectivity index (χ3v) is 3.64. The van der Waals surface area contributed by atoms with Crippen LogP contribution in [0.5, 0.6) is 11.5 Å². The van der Waals surface area contributed by atoms with Crippen LogP contribution in [0, 0.1) is 0 Å². The molecule has 0 heterocycles. The summed E-state index contributed by atoms with van der Waals surface area (Å²) in [4.78, 5) is 0. The number of rotatable bonds is 9. The average Bonchev–Trinajstić information content (AvgIpc) is 2.41. The van der Waals surface area contributed by atoms with Gasteiger partial charge in [-0.3, -0.25) is 0 Å². The van der Waals surface area contributed by atoms with Crippen LogP contribution in [-0.4, -0.2) is 37.8 Å². The van der Waals surface area contributed by atoms with E-state index in [1.54, 1.807) is 7.11 Å². The minimum absolute atomic E-state index is 0.524. The molecule has 0 spiro atoms. The summed E-state index contributed by atoms with van der Waals surface area (Å²) in [5.41, 5.74) is 0. The Morgan fingerprint density at radius 1 is 1.28 bits per heavy atom. The molecule has 0 bridgehead atoms. The number of benzene rings is 1. The van der Waals surface area contributed by atoms with Crippen molar-refractivity contribution < 1.29 is 9.47 Å². The van der Waals surface area contributed by atoms with E-state index >= 15 is 0 Å². The maximum Gasteiger partial charge on any atom is 0.161 e. The molecule has 1 atom stereocenters. The summed E-state index contributed by atoms with van der Waals surface area (Å²) in [5.74, 6) is 3.90. The second kappa shape index (κ2) is 9.11. The highest BCUT2D eigenvalue weighted by Gasteiger charge is 2.03. The zero-order valence-corrected chi connectivity index (χ0v) is 12.3. The molecule has 0 aromatic heterocycles. The molecule has 1 N–H and O–H groups in total. The molecule has 0 aliphatic rings. The number of para-hydroxylation sites is 2. The first-order valence-corrected chi connectivity index (χ1v) is 7.50. The summed E-state index contributed by atoms with van der Waals surface area (Å²) in [6, 6.07) is 8.24. The Balaban J connectivity index is 2.21. The molecule has 18 heavy (non-hydrogen) atoms. The lowest BCUT2D eigenvalue weighted by Gasteiger charge is -2.14. The molecule has 4 heteroatoms. The van der Waals surface area contributed by atoms with Gasteiger partial charge in [-0.05, 0) is 24.8 Å². The second-order valence-corrected chi connectivity index (χ2v) is 5.33. The third kappa shape index (κ3) is 5.65. The number of nitrogens with one attached hydrogen (secondary N) is 1. The highest BCUT2D eigenvalue weighted by Crippen LogP contribution is 2.25. The molecule has 1 aromatic carbocycles. The first-order chi connectivity index (χ1) is 8.77. The lowest BCUT2D eigenvalue weighted by atomic mass is 10.3. The van der Waals surface area contributed by atoms with Gasteiger partial charge in [0.15, 0.2) is 11.5 Å². The molecule has 102 valence electrons. The Hall–Kier alpha value is -0.870. The number of methoxy groups -OCH3 is 1. The second-order valence-electron chi connectivity index (χ2n) is 4.01. The van der Waals surface area contributed by atoms with Gasteiger partial charge in [0.25, 0.3) is 0 Å². The van der Waals surface area contributed by atoms with Crippen LogP contribution in [0.1, 0.15) is 13.8 Å². The molecular formula is C14H23NO2S. The van der Waals surface area contributed by atoms with E-state index < -0.39 is 0 Å². The van der Waals surface area contributed by atoms with Gasteiger partial charge in [0, 0.05) is 18.3 Å². The Morgan fingerprint density at radius 2 is 2.00 bits per heavy atom. The van der Waals surface area contributed by atoms with E-state index in [1.165, 1.54) is 5.75 Å². The van der Waals surface area contributed by atoms with Crippen molar-refractivity contribution in [1.29, 1.82) is 0 Å². The smallest absolute Gasteiger partial charge is 0.161 e. The molecule has 0 saturated carbocycles. The van der Waals surface area contributed by atoms with Gasteiger partial charge in [0.05, 0.1) is 7.11 Å². The fourth-order valence-corrected chi connectivity index (χ4v) is 2.27. The monoisotopic (exact) mass is 269 g/mol. The van der Waals surface area contributed by atoms with Crippen molar-refractivity contribution in [3.8, 4) is 11.5 Å². The molecule has 1 rings (SSSR count). The van der Waals surface area contributed by atoms with Gasteiger partial charge in [0.2, 0.25) is 0 Å². The van der Waals surface area contributed by atoms with Crippen molar-refractivity contribution in [2.75, 3.05) is 31.8 Å². The van der Waals surface area contributed by atoms with Gasteiger partial charge in [-0.15, -0.1) is 0 Å². The van der Waals surface area contributed by atoms with E-state index in [9.17, 15) is 0 Å². The Labute approximate surface area is 114 Å². The average molecular weight is 269 g/mol. The maximum atomic E-state index is 5.69. The topological polar surface area (TPSA) is 30.5 Å². The van der Waals surface area contributed by atoms with Crippen molar-refractivity contribution >= 4 is 11.8 Å². The number of ether oxygens (including phenoxy) is 2. The SMILES string of the molecule is CCSCC(C)NCCOc1ccccc1OC. The zero-order chi connectivity index (χ0) is 13.2. The highest BCUT2D eigenvalue weighted by molar-refractivity contribution is 7.99. The molecule has 0 aliphatic carbocycles. The normalized spacial score (nSPS) is 12.2. The van der Waals surface area contributed by atoms with Crippen LogP contribution >= 0.6 is 11.8 Å². The predicted molar refractivity (Wildman–Crippen MR) is 79.0 cm³/mol. The Morgan fingerprint density at radius 3 is 2.67 bits per heavy atom. The predicted octanol–water partition coefficient (Wildman–Crippen LogP) is 2.81. The fraction of sp³-hybridized carbons (Fsp3) is 0.571. The van der Waals surface area contributed by atoms with Crippen LogP contribution in [0.4, 0.5) is 0 Å². The molecule has 0 saturated heterocycles. The molecule has 0 amide bonds. The van der Waals surface area contributed by atoms with Gasteiger partial charge in [-0.25, -0.2) is 0 Å². The van der Waals surface area contributed by atoms with Crippen LogP contribution in [0.25, 0.3) is 0 Å². The van der Waals surface area contributed by atoms with Crippen LogP contribution in [0.3, 0.4) is 0 Å². The highest BCUT2D eigenvalue weighted by atomic mass is 32.2. The van der Waals surface area contributed by atoms with E-state index in [-0.39, 0.29) is 0 Å². The third-order valence-electron chi connectivity index (χ3n) is 2.49. The summed E-state index contributed by atoms with van der Waals surface area (Å²) in [5, 5.41) is 3.44. The number of thioether (sulfide) groups is 1. The van der Waals surface area contributed by atoms with Gasteiger partial charge in [-0.1, -0.05) is 19.1 Å². The first kappa shape index (κ1) is 15.2. The van der Waals surface area contributed by atoms with E-state index in [2.05, 4.69) is 19.2 Å². The fourth-order valence-electron chi connectivity index (χ4n) is 1.56. The van der Waals surface area contributed by atoms with E-state index in [1.807, 2.05) is 36.0 Å². The Kier molecular flexibility index (Phi) is 7.69. The van der Waals surface area contributed by atoms with E-state index in [4.69, 9.17) is 9.47 Å². The van der Waals surface area contributed by atoms with Crippen molar-refractivity contribution in [2.24, 2.45) is 0 Å². The zero-order valence-electron chi connectivity index (χ0n) is 11.4. The summed E-state index contributed by atoms with van der Waals surface area (Å²) in [7, 11) is 1.66. The molecule has 3 nitrogen and oxygen atoms in total. The molecule has 0 radical (unpaired) electrons. The van der Waals surface area contributed by atoms with Crippen LogP contribution in [0.2, 0.25) is 0 Å². The first-order valence-electron chi connectivity index (χ1n) is 6.34. The number of hydrogen-bond acceptors (Lipinski definition) is 4. The van der Waals surface area contributed by atoms with E-state index in [0.717, 1.165) is 23.8 Å². The molecule has 1 aromatic rings. The van der Waals surface area contributed by atoms with Crippen LogP contribution in [0.15, 0.2) is 24.3 Å². The summed E-state index contributed by atoms with van der Waals surface area (Å²) >= 11 is 1.95. The minimum atomic E-state index is 0.524. The molecule has 0 fully saturated rings.